The first-order valence-electron chi connectivity index (χ1n) is 5.01. The van der Waals surface area contributed by atoms with Gasteiger partial charge in [-0.25, -0.2) is 0 Å². The van der Waals surface area contributed by atoms with Gasteiger partial charge in [0.15, 0.2) is 5.76 Å². The van der Waals surface area contributed by atoms with Crippen LogP contribution in [0.4, 0.5) is 0 Å². The van der Waals surface area contributed by atoms with Crippen LogP contribution in [0.1, 0.15) is 24.6 Å². The topological polar surface area (TPSA) is 63.9 Å². The van der Waals surface area contributed by atoms with Gasteiger partial charge in [-0.05, 0) is 18.9 Å². The highest BCUT2D eigenvalue weighted by Gasteiger charge is 2.21. The third-order valence-corrected chi connectivity index (χ3v) is 2.55. The molecule has 0 bridgehead atoms. The summed E-state index contributed by atoms with van der Waals surface area (Å²) >= 11 is 0. The van der Waals surface area contributed by atoms with Gasteiger partial charge in [-0.3, -0.25) is 5.10 Å². The Kier molecular flexibility index (Phi) is 2.03. The van der Waals surface area contributed by atoms with E-state index in [2.05, 4.69) is 15.4 Å². The van der Waals surface area contributed by atoms with Crippen molar-refractivity contribution in [3.63, 3.8) is 0 Å². The highest BCUT2D eigenvalue weighted by atomic mass is 16.5. The highest BCUT2D eigenvalue weighted by Crippen LogP contribution is 2.29. The molecule has 1 N–H and O–H groups in total. The van der Waals surface area contributed by atoms with E-state index in [1.165, 1.54) is 0 Å². The molecule has 1 atom stereocenters. The summed E-state index contributed by atoms with van der Waals surface area (Å²) in [4.78, 5) is 0. The lowest BCUT2D eigenvalue weighted by molar-refractivity contribution is 0.105. The van der Waals surface area contributed by atoms with Gasteiger partial charge in [0.25, 0.3) is 0 Å². The molecule has 0 saturated carbocycles. The van der Waals surface area contributed by atoms with Gasteiger partial charge in [0.05, 0.1) is 0 Å². The van der Waals surface area contributed by atoms with Crippen molar-refractivity contribution in [2.24, 2.45) is 0 Å². The van der Waals surface area contributed by atoms with Crippen LogP contribution in [0.15, 0.2) is 22.9 Å². The number of hydrogen-bond acceptors (Lipinski definition) is 4. The molecular formula is C10H11N3O2. The van der Waals surface area contributed by atoms with E-state index in [4.69, 9.17) is 9.26 Å². The molecule has 0 aliphatic carbocycles. The number of nitrogens with one attached hydrogen (secondary N) is 1. The molecule has 1 aliphatic heterocycles. The molecule has 1 saturated heterocycles. The molecule has 0 radical (unpaired) electrons. The van der Waals surface area contributed by atoms with Crippen molar-refractivity contribution < 1.29 is 9.26 Å². The van der Waals surface area contributed by atoms with Gasteiger partial charge in [0.1, 0.15) is 17.5 Å². The third kappa shape index (κ3) is 1.55. The second-order valence-electron chi connectivity index (χ2n) is 3.59. The van der Waals surface area contributed by atoms with Gasteiger partial charge in [-0.15, -0.1) is 0 Å². The lowest BCUT2D eigenvalue weighted by atomic mass is 10.1. The Labute approximate surface area is 86.4 Å². The Bertz CT molecular complexity index is 429. The number of aromatic amines is 1. The minimum Gasteiger partial charge on any atom is -0.372 e. The molecule has 1 fully saturated rings. The average Bonchev–Trinajstić information content (AvgIpc) is 3.02. The number of H-pyrrole nitrogens is 1. The van der Waals surface area contributed by atoms with Crippen LogP contribution in [-0.4, -0.2) is 22.0 Å². The Hall–Kier alpha value is -1.62. The molecule has 0 aromatic carbocycles. The molecule has 2 aromatic rings. The van der Waals surface area contributed by atoms with Crippen molar-refractivity contribution in [3.05, 3.63) is 24.0 Å². The summed E-state index contributed by atoms with van der Waals surface area (Å²) in [6, 6.07) is 3.75. The Morgan fingerprint density at radius 1 is 1.47 bits per heavy atom. The Morgan fingerprint density at radius 2 is 2.47 bits per heavy atom. The Balaban J connectivity index is 1.87. The summed E-state index contributed by atoms with van der Waals surface area (Å²) in [6.07, 6.45) is 3.90. The zero-order chi connectivity index (χ0) is 10.1. The van der Waals surface area contributed by atoms with Crippen molar-refractivity contribution in [2.75, 3.05) is 6.61 Å². The number of nitrogens with zero attached hydrogens (tertiary/aromatic N) is 2. The zero-order valence-electron chi connectivity index (χ0n) is 8.14. The first kappa shape index (κ1) is 8.67. The third-order valence-electron chi connectivity index (χ3n) is 2.55. The standard InChI is InChI=1S/C10H11N3O2/c1-2-9(14-5-1)8-6-10(15-13-8)7-3-4-11-12-7/h3-4,6,9H,1-2,5H2,(H,11,12). The summed E-state index contributed by atoms with van der Waals surface area (Å²) < 4.78 is 10.7. The lowest BCUT2D eigenvalue weighted by Crippen LogP contribution is -1.94. The molecule has 1 aliphatic rings. The van der Waals surface area contributed by atoms with E-state index in [-0.39, 0.29) is 6.10 Å². The molecule has 3 rings (SSSR count). The summed E-state index contributed by atoms with van der Waals surface area (Å²) in [6.45, 7) is 0.816. The monoisotopic (exact) mass is 205 g/mol. The molecule has 0 amide bonds. The number of rotatable bonds is 2. The van der Waals surface area contributed by atoms with Crippen LogP contribution < -0.4 is 0 Å². The van der Waals surface area contributed by atoms with Crippen molar-refractivity contribution in [3.8, 4) is 11.5 Å². The van der Waals surface area contributed by atoms with E-state index in [1.54, 1.807) is 6.20 Å². The van der Waals surface area contributed by atoms with Gasteiger partial charge in [0, 0.05) is 18.9 Å². The molecule has 15 heavy (non-hydrogen) atoms. The van der Waals surface area contributed by atoms with Crippen LogP contribution in [-0.2, 0) is 4.74 Å². The van der Waals surface area contributed by atoms with Crippen molar-refractivity contribution in [2.45, 2.75) is 18.9 Å². The van der Waals surface area contributed by atoms with Crippen molar-refractivity contribution >= 4 is 0 Å². The summed E-state index contributed by atoms with van der Waals surface area (Å²) in [7, 11) is 0. The van der Waals surface area contributed by atoms with Crippen LogP contribution in [0, 0.1) is 0 Å². The lowest BCUT2D eigenvalue weighted by Gasteiger charge is -2.01. The first-order valence-corrected chi connectivity index (χ1v) is 5.01. The molecule has 5 nitrogen and oxygen atoms in total. The van der Waals surface area contributed by atoms with Crippen LogP contribution in [0.2, 0.25) is 0 Å². The van der Waals surface area contributed by atoms with Gasteiger partial charge in [-0.1, -0.05) is 5.16 Å². The van der Waals surface area contributed by atoms with Crippen LogP contribution >= 0.6 is 0 Å². The fourth-order valence-corrected chi connectivity index (χ4v) is 1.77. The quantitative estimate of drug-likeness (QED) is 0.813. The van der Waals surface area contributed by atoms with E-state index in [0.29, 0.717) is 5.76 Å². The van der Waals surface area contributed by atoms with Crippen LogP contribution in [0.3, 0.4) is 0 Å². The normalized spacial score (nSPS) is 20.9. The Morgan fingerprint density at radius 3 is 3.20 bits per heavy atom. The maximum absolute atomic E-state index is 5.52. The first-order chi connectivity index (χ1) is 7.43. The van der Waals surface area contributed by atoms with Gasteiger partial charge < -0.3 is 9.26 Å². The van der Waals surface area contributed by atoms with E-state index >= 15 is 0 Å². The molecule has 5 heteroatoms. The molecule has 78 valence electrons. The average molecular weight is 205 g/mol. The predicted octanol–water partition coefficient (Wildman–Crippen LogP) is 1.92. The number of hydrogen-bond donors (Lipinski definition) is 1. The fourth-order valence-electron chi connectivity index (χ4n) is 1.77. The maximum atomic E-state index is 5.52. The van der Waals surface area contributed by atoms with Crippen molar-refractivity contribution in [1.29, 1.82) is 0 Å². The second-order valence-corrected chi connectivity index (χ2v) is 3.59. The van der Waals surface area contributed by atoms with Crippen LogP contribution in [0.5, 0.6) is 0 Å². The summed E-state index contributed by atoms with van der Waals surface area (Å²) in [5.41, 5.74) is 1.71. The minimum absolute atomic E-state index is 0.102. The van der Waals surface area contributed by atoms with Crippen molar-refractivity contribution in [1.82, 2.24) is 15.4 Å². The van der Waals surface area contributed by atoms with Gasteiger partial charge >= 0.3 is 0 Å². The van der Waals surface area contributed by atoms with Crippen LogP contribution in [0.25, 0.3) is 11.5 Å². The van der Waals surface area contributed by atoms with Gasteiger partial charge in [0.2, 0.25) is 0 Å². The minimum atomic E-state index is 0.102. The molecule has 3 heterocycles. The van der Waals surface area contributed by atoms with E-state index < -0.39 is 0 Å². The van der Waals surface area contributed by atoms with Gasteiger partial charge in [-0.2, -0.15) is 5.10 Å². The molecule has 0 spiro atoms. The van der Waals surface area contributed by atoms with E-state index in [0.717, 1.165) is 30.8 Å². The zero-order valence-corrected chi connectivity index (χ0v) is 8.14. The largest absolute Gasteiger partial charge is 0.372 e. The molecular weight excluding hydrogens is 194 g/mol. The number of aromatic nitrogens is 3. The summed E-state index contributed by atoms with van der Waals surface area (Å²) in [5, 5.41) is 10.7. The van der Waals surface area contributed by atoms with E-state index in [1.807, 2.05) is 12.1 Å². The number of ether oxygens (including phenoxy) is 1. The fraction of sp³-hybridized carbons (Fsp3) is 0.400. The SMILES string of the molecule is c1cc(-c2cc(C3CCCO3)no2)[nH]n1. The summed E-state index contributed by atoms with van der Waals surface area (Å²) in [5.74, 6) is 0.706. The maximum Gasteiger partial charge on any atom is 0.184 e. The predicted molar refractivity (Wildman–Crippen MR) is 52.0 cm³/mol. The molecule has 2 aromatic heterocycles. The smallest absolute Gasteiger partial charge is 0.184 e. The highest BCUT2D eigenvalue weighted by molar-refractivity contribution is 5.51. The second kappa shape index (κ2) is 3.51. The molecule has 1 unspecified atom stereocenters. The van der Waals surface area contributed by atoms with E-state index in [9.17, 15) is 0 Å².